The first-order valence-corrected chi connectivity index (χ1v) is 8.36. The Labute approximate surface area is 163 Å². The Morgan fingerprint density at radius 2 is 1.79 bits per heavy atom. The molecular weight excluding hydrogens is 399 g/mol. The van der Waals surface area contributed by atoms with E-state index in [0.717, 1.165) is 0 Å². The maximum absolute atomic E-state index is 13.5. The van der Waals surface area contributed by atoms with Crippen LogP contribution >= 0.6 is 11.6 Å². The second kappa shape index (κ2) is 8.12. The lowest BCUT2D eigenvalue weighted by molar-refractivity contribution is -0.142. The highest BCUT2D eigenvalue weighted by molar-refractivity contribution is 6.30. The molecule has 2 aromatic carbocycles. The van der Waals surface area contributed by atoms with Crippen LogP contribution in [0, 0.1) is 0 Å². The summed E-state index contributed by atoms with van der Waals surface area (Å²) in [6.45, 7) is 0.0130. The van der Waals surface area contributed by atoms with E-state index < -0.39 is 11.9 Å². The number of ether oxygens (including phenoxy) is 3. The van der Waals surface area contributed by atoms with E-state index in [1.54, 1.807) is 6.07 Å². The molecule has 0 aliphatic carbocycles. The van der Waals surface area contributed by atoms with Gasteiger partial charge in [0.25, 0.3) is 0 Å². The zero-order valence-electron chi connectivity index (χ0n) is 14.8. The van der Waals surface area contributed by atoms with Gasteiger partial charge in [-0.3, -0.25) is 0 Å². The van der Waals surface area contributed by atoms with Gasteiger partial charge in [-0.25, -0.2) is 0 Å². The highest BCUT2D eigenvalue weighted by Gasteiger charge is 2.40. The molecule has 148 valence electrons. The number of benzene rings is 2. The summed E-state index contributed by atoms with van der Waals surface area (Å²) in [6.07, 6.45) is -4.70. The summed E-state index contributed by atoms with van der Waals surface area (Å²) in [5.74, 6) is 0.601. The van der Waals surface area contributed by atoms with Crippen molar-refractivity contribution in [2.45, 2.75) is 6.18 Å². The smallest absolute Gasteiger partial charge is 0.437 e. The number of methoxy groups -OCH3 is 2. The molecule has 0 saturated carbocycles. The molecule has 1 aromatic heterocycles. The molecule has 0 saturated heterocycles. The van der Waals surface area contributed by atoms with Gasteiger partial charge in [0.2, 0.25) is 0 Å². The number of nitrogens with zero attached hydrogens (tertiary/aromatic N) is 1. The Bertz CT molecular complexity index is 955. The minimum Gasteiger partial charge on any atom is -0.496 e. The van der Waals surface area contributed by atoms with Gasteiger partial charge in [0.1, 0.15) is 11.5 Å². The molecule has 0 aliphatic heterocycles. The number of hydrogen-bond acceptors (Lipinski definition) is 5. The SMILES string of the molecule is COCOc1ccc(-c2onc(C(F)(F)F)c2-c2ccc(Cl)cc2)c(OC)c1. The van der Waals surface area contributed by atoms with E-state index in [4.69, 9.17) is 30.3 Å². The molecule has 0 spiro atoms. The van der Waals surface area contributed by atoms with E-state index in [0.29, 0.717) is 16.3 Å². The van der Waals surface area contributed by atoms with Gasteiger partial charge in [-0.15, -0.1) is 0 Å². The van der Waals surface area contributed by atoms with E-state index in [1.807, 2.05) is 0 Å². The van der Waals surface area contributed by atoms with Crippen LogP contribution < -0.4 is 9.47 Å². The first kappa shape index (κ1) is 20.0. The average molecular weight is 414 g/mol. The monoisotopic (exact) mass is 413 g/mol. The first-order chi connectivity index (χ1) is 13.3. The lowest BCUT2D eigenvalue weighted by Crippen LogP contribution is -2.07. The molecule has 0 atom stereocenters. The van der Waals surface area contributed by atoms with Crippen LogP contribution in [0.2, 0.25) is 5.02 Å². The largest absolute Gasteiger partial charge is 0.496 e. The molecule has 0 aliphatic rings. The lowest BCUT2D eigenvalue weighted by atomic mass is 9.98. The van der Waals surface area contributed by atoms with E-state index in [9.17, 15) is 13.2 Å². The molecule has 0 amide bonds. The molecule has 0 unspecified atom stereocenters. The summed E-state index contributed by atoms with van der Waals surface area (Å²) < 4.78 is 61.1. The zero-order valence-corrected chi connectivity index (χ0v) is 15.6. The van der Waals surface area contributed by atoms with Crippen LogP contribution in [0.15, 0.2) is 47.0 Å². The summed E-state index contributed by atoms with van der Waals surface area (Å²) in [7, 11) is 2.86. The molecule has 1 heterocycles. The fourth-order valence-corrected chi connectivity index (χ4v) is 2.75. The highest BCUT2D eigenvalue weighted by atomic mass is 35.5. The van der Waals surface area contributed by atoms with Gasteiger partial charge in [0.15, 0.2) is 18.2 Å². The molecule has 3 aromatic rings. The van der Waals surface area contributed by atoms with Gasteiger partial charge < -0.3 is 18.7 Å². The highest BCUT2D eigenvalue weighted by Crippen LogP contribution is 2.45. The molecule has 0 radical (unpaired) electrons. The average Bonchev–Trinajstić information content (AvgIpc) is 3.12. The molecule has 5 nitrogen and oxygen atoms in total. The maximum atomic E-state index is 13.5. The molecular formula is C19H15ClF3NO4. The van der Waals surface area contributed by atoms with Crippen molar-refractivity contribution >= 4 is 11.6 Å². The Hall–Kier alpha value is -2.71. The van der Waals surface area contributed by atoms with Crippen molar-refractivity contribution in [3.8, 4) is 33.9 Å². The summed E-state index contributed by atoms with van der Waals surface area (Å²) in [5, 5.41) is 3.67. The molecule has 28 heavy (non-hydrogen) atoms. The molecule has 3 rings (SSSR count). The fraction of sp³-hybridized carbons (Fsp3) is 0.211. The summed E-state index contributed by atoms with van der Waals surface area (Å²) in [4.78, 5) is 0. The van der Waals surface area contributed by atoms with Crippen LogP contribution in [0.3, 0.4) is 0 Å². The van der Waals surface area contributed by atoms with Crippen molar-refractivity contribution in [3.63, 3.8) is 0 Å². The maximum Gasteiger partial charge on any atom is 0.437 e. The molecule has 9 heteroatoms. The second-order valence-corrected chi connectivity index (χ2v) is 6.09. The zero-order chi connectivity index (χ0) is 20.3. The first-order valence-electron chi connectivity index (χ1n) is 7.98. The number of hydrogen-bond donors (Lipinski definition) is 0. The Balaban J connectivity index is 2.17. The standard InChI is InChI=1S/C19H15ClF3NO4/c1-25-10-27-13-7-8-14(15(9-13)26-2)17-16(11-3-5-12(20)6-4-11)18(24-28-17)19(21,22)23/h3-9H,10H2,1-2H3. The van der Waals surface area contributed by atoms with Gasteiger partial charge in [-0.2, -0.15) is 13.2 Å². The normalized spacial score (nSPS) is 11.5. The van der Waals surface area contributed by atoms with Crippen LogP contribution in [0.5, 0.6) is 11.5 Å². The lowest BCUT2D eigenvalue weighted by Gasteiger charge is -2.12. The van der Waals surface area contributed by atoms with Crippen LogP contribution in [0.4, 0.5) is 13.2 Å². The Kier molecular flexibility index (Phi) is 5.81. The topological polar surface area (TPSA) is 53.7 Å². The summed E-state index contributed by atoms with van der Waals surface area (Å²) >= 11 is 5.86. The number of rotatable bonds is 6. The number of alkyl halides is 3. The molecule has 0 bridgehead atoms. The number of halogens is 4. The van der Waals surface area contributed by atoms with Crippen LogP contribution in [-0.2, 0) is 10.9 Å². The van der Waals surface area contributed by atoms with Gasteiger partial charge in [0.05, 0.1) is 18.2 Å². The fourth-order valence-electron chi connectivity index (χ4n) is 2.63. The predicted molar refractivity (Wildman–Crippen MR) is 96.4 cm³/mol. The van der Waals surface area contributed by atoms with E-state index in [2.05, 4.69) is 5.16 Å². The second-order valence-electron chi connectivity index (χ2n) is 5.65. The van der Waals surface area contributed by atoms with Crippen molar-refractivity contribution in [2.24, 2.45) is 0 Å². The van der Waals surface area contributed by atoms with E-state index in [1.165, 1.54) is 50.6 Å². The Morgan fingerprint density at radius 1 is 1.07 bits per heavy atom. The summed E-state index contributed by atoms with van der Waals surface area (Å²) in [6, 6.07) is 10.5. The Morgan fingerprint density at radius 3 is 2.39 bits per heavy atom. The third-order valence-electron chi connectivity index (χ3n) is 3.85. The predicted octanol–water partition coefficient (Wildman–Crippen LogP) is 5.67. The van der Waals surface area contributed by atoms with Gasteiger partial charge >= 0.3 is 6.18 Å². The van der Waals surface area contributed by atoms with Gasteiger partial charge in [-0.1, -0.05) is 28.9 Å². The minimum absolute atomic E-state index is 0.0130. The van der Waals surface area contributed by atoms with Crippen LogP contribution in [-0.4, -0.2) is 26.2 Å². The third-order valence-corrected chi connectivity index (χ3v) is 4.11. The van der Waals surface area contributed by atoms with E-state index in [-0.39, 0.29) is 29.4 Å². The minimum atomic E-state index is -4.70. The van der Waals surface area contributed by atoms with Crippen molar-refractivity contribution in [2.75, 3.05) is 21.0 Å². The van der Waals surface area contributed by atoms with Gasteiger partial charge in [0, 0.05) is 18.2 Å². The van der Waals surface area contributed by atoms with E-state index >= 15 is 0 Å². The van der Waals surface area contributed by atoms with Gasteiger partial charge in [-0.05, 0) is 29.8 Å². The molecule has 0 fully saturated rings. The van der Waals surface area contributed by atoms with Crippen LogP contribution in [0.25, 0.3) is 22.5 Å². The van der Waals surface area contributed by atoms with Crippen LogP contribution in [0.1, 0.15) is 5.69 Å². The summed E-state index contributed by atoms with van der Waals surface area (Å²) in [5.41, 5.74) is -0.783. The van der Waals surface area contributed by atoms with Crippen molar-refractivity contribution in [1.29, 1.82) is 0 Å². The van der Waals surface area contributed by atoms with Crippen molar-refractivity contribution in [3.05, 3.63) is 53.2 Å². The third kappa shape index (κ3) is 4.07. The number of aromatic nitrogens is 1. The van der Waals surface area contributed by atoms with Crippen molar-refractivity contribution < 1.29 is 31.9 Å². The molecule has 0 N–H and O–H groups in total. The van der Waals surface area contributed by atoms with Crippen molar-refractivity contribution in [1.82, 2.24) is 5.16 Å². The quantitative estimate of drug-likeness (QED) is 0.487.